The molecule has 10 heteroatoms. The summed E-state index contributed by atoms with van der Waals surface area (Å²) in [6, 6.07) is 1.79. The van der Waals surface area contributed by atoms with Gasteiger partial charge in [0.25, 0.3) is 0 Å². The van der Waals surface area contributed by atoms with E-state index in [2.05, 4.69) is 25.9 Å². The molecule has 1 aromatic rings. The van der Waals surface area contributed by atoms with Crippen LogP contribution < -0.4 is 16.0 Å². The van der Waals surface area contributed by atoms with Gasteiger partial charge in [0.2, 0.25) is 15.9 Å². The van der Waals surface area contributed by atoms with Crippen molar-refractivity contribution in [3.63, 3.8) is 0 Å². The highest BCUT2D eigenvalue weighted by Crippen LogP contribution is 2.10. The molecule has 0 aliphatic carbocycles. The van der Waals surface area contributed by atoms with Crippen molar-refractivity contribution >= 4 is 27.6 Å². The molecular formula is C13H24N6O3S. The number of rotatable bonds is 9. The maximum atomic E-state index is 11.6. The Hall–Kier alpha value is -1.94. The summed E-state index contributed by atoms with van der Waals surface area (Å²) in [7, 11) is -1.99. The molecule has 3 N–H and O–H groups in total. The Morgan fingerprint density at radius 1 is 1.22 bits per heavy atom. The summed E-state index contributed by atoms with van der Waals surface area (Å²) in [6.07, 6.45) is 1.06. The number of anilines is 2. The molecule has 0 spiro atoms. The van der Waals surface area contributed by atoms with Gasteiger partial charge < -0.3 is 16.0 Å². The number of nitrogens with one attached hydrogen (secondary N) is 3. The highest BCUT2D eigenvalue weighted by Gasteiger charge is 2.14. The molecule has 0 bridgehead atoms. The standard InChI is InChI=1S/C13H24N6O3S/c1-5-14-11-8-12(18-10(2)17-11)15-6-7-16-13(20)9-19(3)23(4,21)22/h8H,5-7,9H2,1-4H3,(H,16,20)(H2,14,15,17,18). The molecule has 0 saturated heterocycles. The van der Waals surface area contributed by atoms with Crippen molar-refractivity contribution in [1.29, 1.82) is 0 Å². The molecule has 1 heterocycles. The largest absolute Gasteiger partial charge is 0.370 e. The minimum Gasteiger partial charge on any atom is -0.370 e. The Bertz CT molecular complexity index is 635. The van der Waals surface area contributed by atoms with Gasteiger partial charge in [-0.1, -0.05) is 0 Å². The van der Waals surface area contributed by atoms with Crippen LogP contribution in [0.1, 0.15) is 12.7 Å². The van der Waals surface area contributed by atoms with E-state index in [1.807, 2.05) is 6.92 Å². The first-order valence-electron chi connectivity index (χ1n) is 7.23. The lowest BCUT2D eigenvalue weighted by Crippen LogP contribution is -2.39. The SMILES string of the molecule is CCNc1cc(NCCNC(=O)CN(C)S(C)(=O)=O)nc(C)n1. The lowest BCUT2D eigenvalue weighted by atomic mass is 10.4. The minimum atomic E-state index is -3.35. The molecule has 23 heavy (non-hydrogen) atoms. The molecule has 1 amide bonds. The zero-order valence-electron chi connectivity index (χ0n) is 13.9. The number of amides is 1. The summed E-state index contributed by atoms with van der Waals surface area (Å²) in [5, 5.41) is 8.84. The van der Waals surface area contributed by atoms with Crippen molar-refractivity contribution in [2.45, 2.75) is 13.8 Å². The van der Waals surface area contributed by atoms with Gasteiger partial charge in [0.15, 0.2) is 0 Å². The molecule has 0 radical (unpaired) electrons. The Morgan fingerprint density at radius 3 is 2.39 bits per heavy atom. The number of nitrogens with zero attached hydrogens (tertiary/aromatic N) is 3. The molecule has 9 nitrogen and oxygen atoms in total. The fourth-order valence-electron chi connectivity index (χ4n) is 1.70. The van der Waals surface area contributed by atoms with Gasteiger partial charge >= 0.3 is 0 Å². The van der Waals surface area contributed by atoms with Crippen LogP contribution in [0.25, 0.3) is 0 Å². The monoisotopic (exact) mass is 344 g/mol. The summed E-state index contributed by atoms with van der Waals surface area (Å²) in [6.45, 7) is 5.17. The van der Waals surface area contributed by atoms with Crippen LogP contribution in [0, 0.1) is 6.92 Å². The predicted octanol–water partition coefficient (Wildman–Crippen LogP) is -0.364. The highest BCUT2D eigenvalue weighted by molar-refractivity contribution is 7.88. The quantitative estimate of drug-likeness (QED) is 0.524. The van der Waals surface area contributed by atoms with E-state index >= 15 is 0 Å². The maximum Gasteiger partial charge on any atom is 0.235 e. The zero-order chi connectivity index (χ0) is 17.5. The molecule has 0 aromatic carbocycles. The second-order valence-electron chi connectivity index (χ2n) is 5.01. The first kappa shape index (κ1) is 19.1. The average Bonchev–Trinajstić information content (AvgIpc) is 2.42. The van der Waals surface area contributed by atoms with Crippen molar-refractivity contribution in [2.75, 3.05) is 50.1 Å². The first-order chi connectivity index (χ1) is 10.7. The number of carbonyl (C=O) groups is 1. The van der Waals surface area contributed by atoms with Crippen molar-refractivity contribution in [3.05, 3.63) is 11.9 Å². The maximum absolute atomic E-state index is 11.6. The summed E-state index contributed by atoms with van der Waals surface area (Å²) in [5.74, 6) is 1.69. The number of likely N-dealkylation sites (N-methyl/N-ethyl adjacent to an activating group) is 1. The molecular weight excluding hydrogens is 320 g/mol. The van der Waals surface area contributed by atoms with E-state index in [1.54, 1.807) is 13.0 Å². The topological polar surface area (TPSA) is 116 Å². The third-order valence-corrected chi connectivity index (χ3v) is 4.14. The number of hydrogen-bond acceptors (Lipinski definition) is 7. The van der Waals surface area contributed by atoms with Gasteiger partial charge in [-0.15, -0.1) is 0 Å². The first-order valence-corrected chi connectivity index (χ1v) is 9.08. The van der Waals surface area contributed by atoms with Crippen molar-refractivity contribution < 1.29 is 13.2 Å². The van der Waals surface area contributed by atoms with Gasteiger partial charge in [0.1, 0.15) is 17.5 Å². The average molecular weight is 344 g/mol. The van der Waals surface area contributed by atoms with Gasteiger partial charge in [-0.3, -0.25) is 4.79 Å². The Kier molecular flexibility index (Phi) is 7.17. The molecule has 1 aromatic heterocycles. The van der Waals surface area contributed by atoms with E-state index in [-0.39, 0.29) is 12.5 Å². The number of hydrogen-bond donors (Lipinski definition) is 3. The molecule has 0 saturated carbocycles. The molecule has 1 rings (SSSR count). The number of carbonyl (C=O) groups excluding carboxylic acids is 1. The smallest absolute Gasteiger partial charge is 0.235 e. The summed E-state index contributed by atoms with van der Waals surface area (Å²) in [4.78, 5) is 20.1. The van der Waals surface area contributed by atoms with Gasteiger partial charge in [0, 0.05) is 32.7 Å². The van der Waals surface area contributed by atoms with E-state index in [4.69, 9.17) is 0 Å². The summed E-state index contributed by atoms with van der Waals surface area (Å²) >= 11 is 0. The van der Waals surface area contributed by atoms with Gasteiger partial charge in [-0.05, 0) is 13.8 Å². The predicted molar refractivity (Wildman–Crippen MR) is 89.9 cm³/mol. The number of sulfonamides is 1. The fourth-order valence-corrected chi connectivity index (χ4v) is 2.05. The third kappa shape index (κ3) is 7.24. The van der Waals surface area contributed by atoms with E-state index in [0.29, 0.717) is 24.7 Å². The second kappa shape index (κ2) is 8.63. The van der Waals surface area contributed by atoms with Crippen LogP contribution in [0.2, 0.25) is 0 Å². The fraction of sp³-hybridized carbons (Fsp3) is 0.615. The van der Waals surface area contributed by atoms with Gasteiger partial charge in [0.05, 0.1) is 12.8 Å². The number of aromatic nitrogens is 2. The van der Waals surface area contributed by atoms with Crippen molar-refractivity contribution in [3.8, 4) is 0 Å². The molecule has 0 aliphatic rings. The summed E-state index contributed by atoms with van der Waals surface area (Å²) < 4.78 is 23.4. The van der Waals surface area contributed by atoms with E-state index in [9.17, 15) is 13.2 Å². The third-order valence-electron chi connectivity index (χ3n) is 2.88. The molecule has 0 atom stereocenters. The van der Waals surface area contributed by atoms with Crippen LogP contribution in [-0.4, -0.2) is 68.1 Å². The lowest BCUT2D eigenvalue weighted by molar-refractivity contribution is -0.121. The Labute approximate surface area is 136 Å². The summed E-state index contributed by atoms with van der Waals surface area (Å²) in [5.41, 5.74) is 0. The second-order valence-corrected chi connectivity index (χ2v) is 7.10. The van der Waals surface area contributed by atoms with Crippen LogP contribution in [0.15, 0.2) is 6.07 Å². The van der Waals surface area contributed by atoms with E-state index in [0.717, 1.165) is 22.9 Å². The van der Waals surface area contributed by atoms with Crippen LogP contribution in [0.4, 0.5) is 11.6 Å². The number of aryl methyl sites for hydroxylation is 1. The van der Waals surface area contributed by atoms with Crippen LogP contribution in [0.5, 0.6) is 0 Å². The normalized spacial score (nSPS) is 11.3. The lowest BCUT2D eigenvalue weighted by Gasteiger charge is -2.14. The minimum absolute atomic E-state index is 0.198. The highest BCUT2D eigenvalue weighted by atomic mass is 32.2. The molecule has 0 fully saturated rings. The van der Waals surface area contributed by atoms with Gasteiger partial charge in [-0.25, -0.2) is 18.4 Å². The Morgan fingerprint density at radius 2 is 1.83 bits per heavy atom. The van der Waals surface area contributed by atoms with Crippen LogP contribution in [-0.2, 0) is 14.8 Å². The van der Waals surface area contributed by atoms with Crippen LogP contribution >= 0.6 is 0 Å². The zero-order valence-corrected chi connectivity index (χ0v) is 14.7. The van der Waals surface area contributed by atoms with E-state index < -0.39 is 10.0 Å². The van der Waals surface area contributed by atoms with Crippen LogP contribution in [0.3, 0.4) is 0 Å². The van der Waals surface area contributed by atoms with Crippen molar-refractivity contribution in [1.82, 2.24) is 19.6 Å². The molecule has 0 unspecified atom stereocenters. The van der Waals surface area contributed by atoms with Crippen molar-refractivity contribution in [2.24, 2.45) is 0 Å². The Balaban J connectivity index is 2.39. The molecule has 130 valence electrons. The van der Waals surface area contributed by atoms with Gasteiger partial charge in [-0.2, -0.15) is 4.31 Å². The molecule has 0 aliphatic heterocycles. The van der Waals surface area contributed by atoms with E-state index in [1.165, 1.54) is 7.05 Å².